The van der Waals surface area contributed by atoms with Crippen LogP contribution in [0.2, 0.25) is 0 Å². The van der Waals surface area contributed by atoms with Gasteiger partial charge >= 0.3 is 0 Å². The molecular formula is C14H14IN5O. The molecule has 0 spiro atoms. The lowest BCUT2D eigenvalue weighted by molar-refractivity contribution is 0.467. The van der Waals surface area contributed by atoms with E-state index in [1.807, 2.05) is 24.3 Å². The molecule has 0 aliphatic rings. The predicted octanol–water partition coefficient (Wildman–Crippen LogP) is 3.57. The van der Waals surface area contributed by atoms with Gasteiger partial charge in [-0.2, -0.15) is 9.97 Å². The van der Waals surface area contributed by atoms with Crippen LogP contribution < -0.4 is 10.1 Å². The fourth-order valence-electron chi connectivity index (χ4n) is 1.81. The van der Waals surface area contributed by atoms with Gasteiger partial charge in [-0.15, -0.1) is 0 Å². The number of hydrogen-bond acceptors (Lipinski definition) is 5. The van der Waals surface area contributed by atoms with Gasteiger partial charge in [-0.3, -0.25) is 0 Å². The molecule has 1 aromatic carbocycles. The van der Waals surface area contributed by atoms with E-state index in [1.165, 1.54) is 0 Å². The number of hydrogen-bond donors (Lipinski definition) is 2. The van der Waals surface area contributed by atoms with Crippen LogP contribution in [0.15, 0.2) is 30.6 Å². The minimum Gasteiger partial charge on any atom is -0.437 e. The van der Waals surface area contributed by atoms with Crippen LogP contribution in [-0.2, 0) is 0 Å². The monoisotopic (exact) mass is 395 g/mol. The molecule has 108 valence electrons. The molecule has 2 aromatic heterocycles. The number of aromatic nitrogens is 4. The second-order valence-corrected chi connectivity index (χ2v) is 5.68. The Labute approximate surface area is 135 Å². The Morgan fingerprint density at radius 2 is 2.05 bits per heavy atom. The van der Waals surface area contributed by atoms with Gasteiger partial charge in [-0.1, -0.05) is 6.92 Å². The van der Waals surface area contributed by atoms with E-state index >= 15 is 0 Å². The summed E-state index contributed by atoms with van der Waals surface area (Å²) in [7, 11) is 0. The van der Waals surface area contributed by atoms with Crippen molar-refractivity contribution in [2.45, 2.75) is 13.3 Å². The van der Waals surface area contributed by atoms with Crippen molar-refractivity contribution < 1.29 is 4.74 Å². The summed E-state index contributed by atoms with van der Waals surface area (Å²) >= 11 is 2.25. The SMILES string of the molecule is CCCNc1nc(Oc2ccc(I)cc2)c2[nH]cnc2n1. The molecule has 7 heteroatoms. The lowest BCUT2D eigenvalue weighted by atomic mass is 10.3. The standard InChI is InChI=1S/C14H14IN5O/c1-2-7-16-14-19-12-11(17-8-18-12)13(20-14)21-10-5-3-9(15)4-6-10/h3-6,8H,2,7H2,1H3,(H2,16,17,18,19,20). The molecule has 2 N–H and O–H groups in total. The zero-order valence-electron chi connectivity index (χ0n) is 11.4. The van der Waals surface area contributed by atoms with Crippen molar-refractivity contribution in [3.63, 3.8) is 0 Å². The quantitative estimate of drug-likeness (QED) is 0.646. The second kappa shape index (κ2) is 6.25. The third kappa shape index (κ3) is 3.23. The van der Waals surface area contributed by atoms with Crippen molar-refractivity contribution in [3.05, 3.63) is 34.2 Å². The highest BCUT2D eigenvalue weighted by molar-refractivity contribution is 14.1. The fraction of sp³-hybridized carbons (Fsp3) is 0.214. The molecule has 0 unspecified atom stereocenters. The molecule has 0 saturated heterocycles. The van der Waals surface area contributed by atoms with Gasteiger partial charge in [0.2, 0.25) is 5.95 Å². The summed E-state index contributed by atoms with van der Waals surface area (Å²) in [6.45, 7) is 2.89. The fourth-order valence-corrected chi connectivity index (χ4v) is 2.17. The summed E-state index contributed by atoms with van der Waals surface area (Å²) in [5.74, 6) is 1.72. The number of H-pyrrole nitrogens is 1. The van der Waals surface area contributed by atoms with Crippen molar-refractivity contribution >= 4 is 39.7 Å². The lowest BCUT2D eigenvalue weighted by Crippen LogP contribution is -2.05. The van der Waals surface area contributed by atoms with E-state index in [0.717, 1.165) is 22.3 Å². The maximum Gasteiger partial charge on any atom is 0.250 e. The summed E-state index contributed by atoms with van der Waals surface area (Å²) in [5.41, 5.74) is 1.28. The third-order valence-corrected chi connectivity index (χ3v) is 3.53. The van der Waals surface area contributed by atoms with E-state index in [-0.39, 0.29) is 0 Å². The van der Waals surface area contributed by atoms with Crippen LogP contribution in [0.5, 0.6) is 11.6 Å². The Kier molecular flexibility index (Phi) is 4.18. The molecule has 0 amide bonds. The van der Waals surface area contributed by atoms with E-state index in [0.29, 0.717) is 23.0 Å². The maximum absolute atomic E-state index is 5.86. The predicted molar refractivity (Wildman–Crippen MR) is 89.7 cm³/mol. The Balaban J connectivity index is 1.95. The Hall–Kier alpha value is -1.90. The average Bonchev–Trinajstić information content (AvgIpc) is 2.96. The first-order valence-electron chi connectivity index (χ1n) is 6.64. The first-order chi connectivity index (χ1) is 10.3. The topological polar surface area (TPSA) is 75.7 Å². The molecule has 0 aliphatic carbocycles. The molecule has 21 heavy (non-hydrogen) atoms. The van der Waals surface area contributed by atoms with Crippen LogP contribution in [0.25, 0.3) is 11.2 Å². The number of halogens is 1. The van der Waals surface area contributed by atoms with Crippen molar-refractivity contribution in [1.29, 1.82) is 0 Å². The smallest absolute Gasteiger partial charge is 0.250 e. The molecule has 0 saturated carbocycles. The second-order valence-electron chi connectivity index (χ2n) is 4.44. The zero-order valence-corrected chi connectivity index (χ0v) is 13.6. The van der Waals surface area contributed by atoms with Crippen LogP contribution in [0.1, 0.15) is 13.3 Å². The van der Waals surface area contributed by atoms with Crippen LogP contribution in [0.4, 0.5) is 5.95 Å². The normalized spacial score (nSPS) is 10.8. The molecule has 0 aliphatic heterocycles. The van der Waals surface area contributed by atoms with E-state index in [4.69, 9.17) is 4.74 Å². The molecule has 0 fully saturated rings. The summed E-state index contributed by atoms with van der Waals surface area (Å²) in [6, 6.07) is 7.78. The Morgan fingerprint density at radius 3 is 2.81 bits per heavy atom. The number of fused-ring (bicyclic) bond motifs is 1. The first-order valence-corrected chi connectivity index (χ1v) is 7.72. The van der Waals surface area contributed by atoms with E-state index in [1.54, 1.807) is 6.33 Å². The average molecular weight is 395 g/mol. The molecule has 0 radical (unpaired) electrons. The van der Waals surface area contributed by atoms with Crippen molar-refractivity contribution in [2.75, 3.05) is 11.9 Å². The summed E-state index contributed by atoms with van der Waals surface area (Å²) in [4.78, 5) is 15.9. The summed E-state index contributed by atoms with van der Waals surface area (Å²) < 4.78 is 7.01. The number of benzene rings is 1. The van der Waals surface area contributed by atoms with Gasteiger partial charge < -0.3 is 15.0 Å². The van der Waals surface area contributed by atoms with Gasteiger partial charge in [-0.05, 0) is 53.3 Å². The van der Waals surface area contributed by atoms with Crippen molar-refractivity contribution in [3.8, 4) is 11.6 Å². The Bertz CT molecular complexity index is 741. The number of nitrogens with zero attached hydrogens (tertiary/aromatic N) is 3. The Morgan fingerprint density at radius 1 is 1.24 bits per heavy atom. The first kappa shape index (κ1) is 14.1. The van der Waals surface area contributed by atoms with E-state index in [9.17, 15) is 0 Å². The minimum atomic E-state index is 0.470. The van der Waals surface area contributed by atoms with Gasteiger partial charge in [0.15, 0.2) is 5.65 Å². The van der Waals surface area contributed by atoms with Gasteiger partial charge in [0.1, 0.15) is 11.3 Å². The third-order valence-electron chi connectivity index (χ3n) is 2.81. The molecule has 3 aromatic rings. The molecule has 0 atom stereocenters. The highest BCUT2D eigenvalue weighted by Gasteiger charge is 2.11. The van der Waals surface area contributed by atoms with Crippen molar-refractivity contribution in [1.82, 2.24) is 19.9 Å². The van der Waals surface area contributed by atoms with E-state index in [2.05, 4.69) is 54.8 Å². The highest BCUT2D eigenvalue weighted by atomic mass is 127. The van der Waals surface area contributed by atoms with Crippen LogP contribution in [-0.4, -0.2) is 26.5 Å². The highest BCUT2D eigenvalue weighted by Crippen LogP contribution is 2.26. The molecular weight excluding hydrogens is 381 g/mol. The van der Waals surface area contributed by atoms with Crippen LogP contribution in [0, 0.1) is 3.57 Å². The largest absolute Gasteiger partial charge is 0.437 e. The zero-order chi connectivity index (χ0) is 14.7. The molecule has 3 rings (SSSR count). The summed E-state index contributed by atoms with van der Waals surface area (Å²) in [5, 5.41) is 3.15. The lowest BCUT2D eigenvalue weighted by Gasteiger charge is -2.08. The van der Waals surface area contributed by atoms with Gasteiger partial charge in [0, 0.05) is 10.1 Å². The van der Waals surface area contributed by atoms with E-state index < -0.39 is 0 Å². The molecule has 6 nitrogen and oxygen atoms in total. The number of ether oxygens (including phenoxy) is 1. The number of aromatic amines is 1. The number of rotatable bonds is 5. The van der Waals surface area contributed by atoms with Gasteiger partial charge in [-0.25, -0.2) is 4.98 Å². The van der Waals surface area contributed by atoms with Gasteiger partial charge in [0.05, 0.1) is 6.33 Å². The summed E-state index contributed by atoms with van der Waals surface area (Å²) in [6.07, 6.45) is 2.58. The minimum absolute atomic E-state index is 0.470. The number of imidazole rings is 1. The van der Waals surface area contributed by atoms with Crippen LogP contribution in [0.3, 0.4) is 0 Å². The van der Waals surface area contributed by atoms with Crippen molar-refractivity contribution in [2.24, 2.45) is 0 Å². The maximum atomic E-state index is 5.86. The number of anilines is 1. The van der Waals surface area contributed by atoms with Crippen LogP contribution >= 0.6 is 22.6 Å². The molecule has 0 bridgehead atoms. The van der Waals surface area contributed by atoms with Gasteiger partial charge in [0.25, 0.3) is 5.88 Å². The number of nitrogens with one attached hydrogen (secondary N) is 2. The molecule has 2 heterocycles.